The Labute approximate surface area is 132 Å². The van der Waals surface area contributed by atoms with Gasteiger partial charge in [-0.25, -0.2) is 0 Å². The molecule has 2 aromatic rings. The molecule has 1 aliphatic heterocycles. The van der Waals surface area contributed by atoms with Crippen LogP contribution in [-0.4, -0.2) is 12.5 Å². The van der Waals surface area contributed by atoms with Crippen LogP contribution < -0.4 is 10.1 Å². The second-order valence-corrected chi connectivity index (χ2v) is 5.68. The van der Waals surface area contributed by atoms with Crippen molar-refractivity contribution in [2.24, 2.45) is 0 Å². The van der Waals surface area contributed by atoms with E-state index in [9.17, 15) is 4.79 Å². The van der Waals surface area contributed by atoms with E-state index in [4.69, 9.17) is 27.9 Å². The molecule has 0 aromatic heterocycles. The zero-order valence-corrected chi connectivity index (χ0v) is 12.6. The number of hydrogen-bond acceptors (Lipinski definition) is 2. The van der Waals surface area contributed by atoms with Gasteiger partial charge < -0.3 is 10.1 Å². The van der Waals surface area contributed by atoms with Crippen LogP contribution >= 0.6 is 23.2 Å². The van der Waals surface area contributed by atoms with Crippen molar-refractivity contribution in [2.45, 2.75) is 12.3 Å². The van der Waals surface area contributed by atoms with Crippen molar-refractivity contribution in [3.63, 3.8) is 0 Å². The lowest BCUT2D eigenvalue weighted by Crippen LogP contribution is -2.15. The summed E-state index contributed by atoms with van der Waals surface area (Å²) in [6, 6.07) is 12.8. The maximum absolute atomic E-state index is 12.0. The summed E-state index contributed by atoms with van der Waals surface area (Å²) in [7, 11) is 0. The lowest BCUT2D eigenvalue weighted by Gasteiger charge is -2.11. The van der Waals surface area contributed by atoms with Gasteiger partial charge in [0, 0.05) is 10.7 Å². The summed E-state index contributed by atoms with van der Waals surface area (Å²) in [6.45, 7) is 0.410. The Balaban J connectivity index is 1.64. The van der Waals surface area contributed by atoms with Crippen LogP contribution in [0, 0.1) is 0 Å². The third-order valence-electron chi connectivity index (χ3n) is 3.47. The van der Waals surface area contributed by atoms with Gasteiger partial charge in [-0.3, -0.25) is 4.79 Å². The number of nitrogens with one attached hydrogen (secondary N) is 1. The predicted molar refractivity (Wildman–Crippen MR) is 84.4 cm³/mol. The van der Waals surface area contributed by atoms with Gasteiger partial charge in [-0.1, -0.05) is 41.4 Å². The molecule has 108 valence electrons. The van der Waals surface area contributed by atoms with Gasteiger partial charge >= 0.3 is 0 Å². The van der Waals surface area contributed by atoms with Gasteiger partial charge in [-0.15, -0.1) is 0 Å². The standard InChI is InChI=1S/C16H13Cl2NO2/c17-10-5-6-15(13(18)9-10)21-8-7-12-11-3-1-2-4-14(11)19-16(12)20/h1-6,9,12H,7-8H2,(H,19,20). The first kappa shape index (κ1) is 14.2. The molecule has 1 atom stereocenters. The Morgan fingerprint density at radius 2 is 1.95 bits per heavy atom. The average molecular weight is 322 g/mol. The van der Waals surface area contributed by atoms with Crippen LogP contribution in [-0.2, 0) is 4.79 Å². The largest absolute Gasteiger partial charge is 0.492 e. The maximum atomic E-state index is 12.0. The molecule has 1 aliphatic rings. The Morgan fingerprint density at radius 3 is 2.76 bits per heavy atom. The monoisotopic (exact) mass is 321 g/mol. The van der Waals surface area contributed by atoms with E-state index < -0.39 is 0 Å². The molecule has 1 unspecified atom stereocenters. The molecule has 0 saturated heterocycles. The van der Waals surface area contributed by atoms with Crippen LogP contribution in [0.15, 0.2) is 42.5 Å². The smallest absolute Gasteiger partial charge is 0.232 e. The first-order valence-electron chi connectivity index (χ1n) is 6.63. The van der Waals surface area contributed by atoms with E-state index >= 15 is 0 Å². The van der Waals surface area contributed by atoms with E-state index in [1.807, 2.05) is 24.3 Å². The van der Waals surface area contributed by atoms with Gasteiger partial charge in [0.25, 0.3) is 0 Å². The molecular formula is C16H13Cl2NO2. The summed E-state index contributed by atoms with van der Waals surface area (Å²) in [4.78, 5) is 12.0. The third kappa shape index (κ3) is 2.99. The highest BCUT2D eigenvalue weighted by molar-refractivity contribution is 6.35. The number of amides is 1. The minimum absolute atomic E-state index is 0.0157. The number of hydrogen-bond donors (Lipinski definition) is 1. The van der Waals surface area contributed by atoms with Crippen molar-refractivity contribution < 1.29 is 9.53 Å². The van der Waals surface area contributed by atoms with Crippen LogP contribution in [0.2, 0.25) is 10.0 Å². The van der Waals surface area contributed by atoms with Gasteiger partial charge in [-0.2, -0.15) is 0 Å². The average Bonchev–Trinajstić information content (AvgIpc) is 2.77. The Hall–Kier alpha value is -1.71. The molecule has 5 heteroatoms. The zero-order valence-electron chi connectivity index (χ0n) is 11.1. The van der Waals surface area contributed by atoms with Crippen LogP contribution in [0.5, 0.6) is 5.75 Å². The van der Waals surface area contributed by atoms with Crippen molar-refractivity contribution in [3.05, 3.63) is 58.1 Å². The fraction of sp³-hybridized carbons (Fsp3) is 0.188. The summed E-state index contributed by atoms with van der Waals surface area (Å²) < 4.78 is 5.65. The van der Waals surface area contributed by atoms with Gasteiger partial charge in [0.1, 0.15) is 5.75 Å². The summed E-state index contributed by atoms with van der Waals surface area (Å²) in [5.41, 5.74) is 1.91. The first-order valence-corrected chi connectivity index (χ1v) is 7.38. The maximum Gasteiger partial charge on any atom is 0.232 e. The van der Waals surface area contributed by atoms with Gasteiger partial charge in [-0.05, 0) is 36.2 Å². The van der Waals surface area contributed by atoms with E-state index in [1.165, 1.54) is 0 Å². The highest BCUT2D eigenvalue weighted by Gasteiger charge is 2.29. The number of halogens is 2. The number of anilines is 1. The lowest BCUT2D eigenvalue weighted by atomic mass is 9.98. The van der Waals surface area contributed by atoms with E-state index in [1.54, 1.807) is 18.2 Å². The Bertz CT molecular complexity index is 688. The lowest BCUT2D eigenvalue weighted by molar-refractivity contribution is -0.117. The number of ether oxygens (including phenoxy) is 1. The number of carbonyl (C=O) groups excluding carboxylic acids is 1. The molecule has 1 N–H and O–H groups in total. The van der Waals surface area contributed by atoms with E-state index in [-0.39, 0.29) is 11.8 Å². The van der Waals surface area contributed by atoms with Gasteiger partial charge in [0.15, 0.2) is 0 Å². The second kappa shape index (κ2) is 5.96. The normalized spacial score (nSPS) is 16.5. The molecule has 3 nitrogen and oxygen atoms in total. The molecule has 3 rings (SSSR count). The van der Waals surface area contributed by atoms with Gasteiger partial charge in [0.05, 0.1) is 17.5 Å². The molecule has 0 bridgehead atoms. The molecule has 0 saturated carbocycles. The van der Waals surface area contributed by atoms with Crippen LogP contribution in [0.4, 0.5) is 5.69 Å². The number of fused-ring (bicyclic) bond motifs is 1. The molecule has 1 heterocycles. The molecule has 2 aromatic carbocycles. The highest BCUT2D eigenvalue weighted by Crippen LogP contribution is 2.35. The molecule has 0 radical (unpaired) electrons. The van der Waals surface area contributed by atoms with Crippen molar-refractivity contribution in [2.75, 3.05) is 11.9 Å². The second-order valence-electron chi connectivity index (χ2n) is 4.84. The van der Waals surface area contributed by atoms with E-state index in [0.717, 1.165) is 11.3 Å². The van der Waals surface area contributed by atoms with Crippen molar-refractivity contribution in [1.82, 2.24) is 0 Å². The first-order chi connectivity index (χ1) is 10.1. The number of rotatable bonds is 4. The SMILES string of the molecule is O=C1Nc2ccccc2C1CCOc1ccc(Cl)cc1Cl. The molecule has 0 spiro atoms. The quantitative estimate of drug-likeness (QED) is 0.900. The number of carbonyl (C=O) groups is 1. The van der Waals surface area contributed by atoms with Gasteiger partial charge in [0.2, 0.25) is 5.91 Å². The Kier molecular flexibility index (Phi) is 4.04. The molecule has 21 heavy (non-hydrogen) atoms. The van der Waals surface area contributed by atoms with E-state index in [0.29, 0.717) is 28.8 Å². The molecular weight excluding hydrogens is 309 g/mol. The fourth-order valence-electron chi connectivity index (χ4n) is 2.44. The molecule has 0 aliphatic carbocycles. The Morgan fingerprint density at radius 1 is 1.14 bits per heavy atom. The molecule has 1 amide bonds. The topological polar surface area (TPSA) is 38.3 Å². The summed E-state index contributed by atoms with van der Waals surface area (Å²) in [6.07, 6.45) is 0.599. The fourth-order valence-corrected chi connectivity index (χ4v) is 2.90. The van der Waals surface area contributed by atoms with Crippen LogP contribution in [0.3, 0.4) is 0 Å². The minimum Gasteiger partial charge on any atom is -0.492 e. The van der Waals surface area contributed by atoms with Crippen LogP contribution in [0.25, 0.3) is 0 Å². The number of para-hydroxylation sites is 1. The van der Waals surface area contributed by atoms with Crippen molar-refractivity contribution in [3.8, 4) is 5.75 Å². The predicted octanol–water partition coefficient (Wildman–Crippen LogP) is 4.50. The third-order valence-corrected chi connectivity index (χ3v) is 4.00. The summed E-state index contributed by atoms with van der Waals surface area (Å²) >= 11 is 11.9. The van der Waals surface area contributed by atoms with Crippen LogP contribution in [0.1, 0.15) is 17.9 Å². The van der Waals surface area contributed by atoms with E-state index in [2.05, 4.69) is 5.32 Å². The minimum atomic E-state index is -0.174. The number of benzene rings is 2. The summed E-state index contributed by atoms with van der Waals surface area (Å²) in [5.74, 6) is 0.419. The highest BCUT2D eigenvalue weighted by atomic mass is 35.5. The molecule has 0 fully saturated rings. The summed E-state index contributed by atoms with van der Waals surface area (Å²) in [5, 5.41) is 3.91. The zero-order chi connectivity index (χ0) is 14.8. The van der Waals surface area contributed by atoms with Crippen molar-refractivity contribution in [1.29, 1.82) is 0 Å². The van der Waals surface area contributed by atoms with Crippen molar-refractivity contribution >= 4 is 34.8 Å².